The second-order valence-corrected chi connectivity index (χ2v) is 5.03. The van der Waals surface area contributed by atoms with Crippen LogP contribution in [0.25, 0.3) is 0 Å². The highest BCUT2D eigenvalue weighted by atomic mass is 19.4. The molecule has 20 heavy (non-hydrogen) atoms. The third-order valence-corrected chi connectivity index (χ3v) is 3.33. The van der Waals surface area contributed by atoms with Crippen LogP contribution in [0.1, 0.15) is 24.8 Å². The number of aliphatic hydroxyl groups excluding tert-OH is 1. The molecule has 1 unspecified atom stereocenters. The highest BCUT2D eigenvalue weighted by Crippen LogP contribution is 2.34. The number of rotatable bonds is 7. The van der Waals surface area contributed by atoms with E-state index in [0.29, 0.717) is 18.9 Å². The normalized spacial score (nSPS) is 17.0. The topological polar surface area (TPSA) is 41.5 Å². The quantitative estimate of drug-likeness (QED) is 0.811. The van der Waals surface area contributed by atoms with Gasteiger partial charge < -0.3 is 15.2 Å². The molecule has 3 nitrogen and oxygen atoms in total. The van der Waals surface area contributed by atoms with E-state index < -0.39 is 6.36 Å². The van der Waals surface area contributed by atoms with Gasteiger partial charge in [0.15, 0.2) is 0 Å². The van der Waals surface area contributed by atoms with E-state index in [1.165, 1.54) is 18.2 Å². The number of halogens is 3. The first-order valence-electron chi connectivity index (χ1n) is 6.67. The lowest BCUT2D eigenvalue weighted by Crippen LogP contribution is -2.31. The Hall–Kier alpha value is -1.27. The fourth-order valence-corrected chi connectivity index (χ4v) is 2.24. The Balaban J connectivity index is 1.90. The van der Waals surface area contributed by atoms with E-state index >= 15 is 0 Å². The molecule has 0 radical (unpaired) electrons. The van der Waals surface area contributed by atoms with Crippen molar-refractivity contribution in [3.63, 3.8) is 0 Å². The predicted molar refractivity (Wildman–Crippen MR) is 68.2 cm³/mol. The number of hydrogen-bond donors (Lipinski definition) is 2. The van der Waals surface area contributed by atoms with Gasteiger partial charge >= 0.3 is 6.36 Å². The van der Waals surface area contributed by atoms with Crippen LogP contribution >= 0.6 is 0 Å². The van der Waals surface area contributed by atoms with Crippen molar-refractivity contribution in [2.24, 2.45) is 5.92 Å². The van der Waals surface area contributed by atoms with Crippen molar-refractivity contribution in [2.75, 3.05) is 6.61 Å². The van der Waals surface area contributed by atoms with E-state index in [1.807, 2.05) is 0 Å². The zero-order valence-corrected chi connectivity index (χ0v) is 11.0. The van der Waals surface area contributed by atoms with E-state index in [1.54, 1.807) is 6.07 Å². The third kappa shape index (κ3) is 5.02. The fraction of sp³-hybridized carbons (Fsp3) is 0.571. The molecule has 0 spiro atoms. The first-order valence-corrected chi connectivity index (χ1v) is 6.67. The molecule has 0 saturated heterocycles. The standard InChI is InChI=1S/C14H18F3NO2/c15-14(16,17)20-12-3-1-2-10(8-12)9-18-13(6-7-19)11-4-5-11/h1-3,8,11,13,18-19H,4-7,9H2. The monoisotopic (exact) mass is 289 g/mol. The molecule has 1 aromatic rings. The summed E-state index contributed by atoms with van der Waals surface area (Å²) in [6, 6.07) is 6.18. The second-order valence-electron chi connectivity index (χ2n) is 5.03. The molecule has 1 aromatic carbocycles. The summed E-state index contributed by atoms with van der Waals surface area (Å²) in [5.41, 5.74) is 0.732. The minimum absolute atomic E-state index is 0.116. The molecule has 1 atom stereocenters. The lowest BCUT2D eigenvalue weighted by Gasteiger charge is -2.17. The smallest absolute Gasteiger partial charge is 0.406 e. The molecule has 0 aromatic heterocycles. The molecular weight excluding hydrogens is 271 g/mol. The summed E-state index contributed by atoms with van der Waals surface area (Å²) in [7, 11) is 0. The van der Waals surface area contributed by atoms with Crippen LogP contribution < -0.4 is 10.1 Å². The maximum Gasteiger partial charge on any atom is 0.573 e. The highest BCUT2D eigenvalue weighted by molar-refractivity contribution is 5.28. The van der Waals surface area contributed by atoms with Crippen molar-refractivity contribution in [2.45, 2.75) is 38.2 Å². The zero-order chi connectivity index (χ0) is 14.6. The van der Waals surface area contributed by atoms with Gasteiger partial charge in [0.05, 0.1) is 0 Å². The van der Waals surface area contributed by atoms with Crippen molar-refractivity contribution in [1.82, 2.24) is 5.32 Å². The Morgan fingerprint density at radius 2 is 2.10 bits per heavy atom. The Labute approximate surface area is 115 Å². The molecule has 1 aliphatic carbocycles. The van der Waals surface area contributed by atoms with Gasteiger partial charge in [0, 0.05) is 19.2 Å². The zero-order valence-electron chi connectivity index (χ0n) is 11.0. The van der Waals surface area contributed by atoms with Crippen LogP contribution in [0.3, 0.4) is 0 Å². The van der Waals surface area contributed by atoms with Gasteiger partial charge in [-0.05, 0) is 42.9 Å². The van der Waals surface area contributed by atoms with Gasteiger partial charge in [0.1, 0.15) is 5.75 Å². The van der Waals surface area contributed by atoms with Gasteiger partial charge in [0.25, 0.3) is 0 Å². The molecule has 0 amide bonds. The van der Waals surface area contributed by atoms with Crippen molar-refractivity contribution >= 4 is 0 Å². The van der Waals surface area contributed by atoms with Crippen molar-refractivity contribution < 1.29 is 23.0 Å². The summed E-state index contributed by atoms with van der Waals surface area (Å²) in [5, 5.41) is 12.3. The average molecular weight is 289 g/mol. The minimum atomic E-state index is -4.67. The maximum absolute atomic E-state index is 12.1. The van der Waals surface area contributed by atoms with Gasteiger partial charge in [-0.15, -0.1) is 13.2 Å². The summed E-state index contributed by atoms with van der Waals surface area (Å²) >= 11 is 0. The van der Waals surface area contributed by atoms with Crippen molar-refractivity contribution in [1.29, 1.82) is 0 Å². The first kappa shape index (κ1) is 15.1. The van der Waals surface area contributed by atoms with E-state index in [2.05, 4.69) is 10.1 Å². The molecule has 2 rings (SSSR count). The van der Waals surface area contributed by atoms with Crippen LogP contribution in [0.2, 0.25) is 0 Å². The summed E-state index contributed by atoms with van der Waals surface area (Å²) in [6.45, 7) is 0.585. The number of alkyl halides is 3. The molecule has 112 valence electrons. The van der Waals surface area contributed by atoms with Crippen LogP contribution in [-0.4, -0.2) is 24.1 Å². The Kier molecular flexibility index (Phi) is 4.88. The summed E-state index contributed by atoms with van der Waals surface area (Å²) < 4.78 is 40.3. The molecule has 1 saturated carbocycles. The molecule has 0 heterocycles. The van der Waals surface area contributed by atoms with Crippen LogP contribution in [0.4, 0.5) is 13.2 Å². The van der Waals surface area contributed by atoms with Gasteiger partial charge in [-0.2, -0.15) is 0 Å². The number of aliphatic hydroxyl groups is 1. The largest absolute Gasteiger partial charge is 0.573 e. The lowest BCUT2D eigenvalue weighted by atomic mass is 10.1. The molecule has 0 bridgehead atoms. The van der Waals surface area contributed by atoms with E-state index in [4.69, 9.17) is 5.11 Å². The van der Waals surface area contributed by atoms with Crippen molar-refractivity contribution in [3.05, 3.63) is 29.8 Å². The molecule has 6 heteroatoms. The van der Waals surface area contributed by atoms with E-state index in [-0.39, 0.29) is 18.4 Å². The third-order valence-electron chi connectivity index (χ3n) is 3.33. The van der Waals surface area contributed by atoms with E-state index in [0.717, 1.165) is 18.4 Å². The van der Waals surface area contributed by atoms with Gasteiger partial charge in [-0.3, -0.25) is 0 Å². The number of nitrogens with one attached hydrogen (secondary N) is 1. The van der Waals surface area contributed by atoms with Crippen LogP contribution in [0.5, 0.6) is 5.75 Å². The van der Waals surface area contributed by atoms with Crippen LogP contribution in [0.15, 0.2) is 24.3 Å². The molecule has 1 fully saturated rings. The van der Waals surface area contributed by atoms with Crippen LogP contribution in [0, 0.1) is 5.92 Å². The summed E-state index contributed by atoms with van der Waals surface area (Å²) in [5.74, 6) is 0.374. The number of ether oxygens (including phenoxy) is 1. The Morgan fingerprint density at radius 1 is 1.35 bits per heavy atom. The number of hydrogen-bond acceptors (Lipinski definition) is 3. The van der Waals surface area contributed by atoms with Crippen molar-refractivity contribution in [3.8, 4) is 5.75 Å². The van der Waals surface area contributed by atoms with E-state index in [9.17, 15) is 13.2 Å². The predicted octanol–water partition coefficient (Wildman–Crippen LogP) is 2.84. The lowest BCUT2D eigenvalue weighted by molar-refractivity contribution is -0.274. The fourth-order valence-electron chi connectivity index (χ4n) is 2.24. The van der Waals surface area contributed by atoms with Gasteiger partial charge in [-0.1, -0.05) is 12.1 Å². The first-order chi connectivity index (χ1) is 9.48. The summed E-state index contributed by atoms with van der Waals surface area (Å²) in [4.78, 5) is 0. The van der Waals surface area contributed by atoms with Crippen LogP contribution in [-0.2, 0) is 6.54 Å². The summed E-state index contributed by atoms with van der Waals surface area (Å²) in [6.07, 6.45) is -1.70. The SMILES string of the molecule is OCCC(NCc1cccc(OC(F)(F)F)c1)C1CC1. The molecule has 1 aliphatic rings. The Morgan fingerprint density at radius 3 is 2.70 bits per heavy atom. The second kappa shape index (κ2) is 6.45. The van der Waals surface area contributed by atoms with Gasteiger partial charge in [-0.25, -0.2) is 0 Å². The molecule has 2 N–H and O–H groups in total. The molecule has 0 aliphatic heterocycles. The van der Waals surface area contributed by atoms with Gasteiger partial charge in [0.2, 0.25) is 0 Å². The minimum Gasteiger partial charge on any atom is -0.406 e. The maximum atomic E-state index is 12.1. The number of benzene rings is 1. The average Bonchev–Trinajstić information content (AvgIpc) is 3.17. The molecular formula is C14H18F3NO2. The Bertz CT molecular complexity index is 433. The highest BCUT2D eigenvalue weighted by Gasteiger charge is 2.31.